The molecule has 0 atom stereocenters. The van der Waals surface area contributed by atoms with Crippen LogP contribution >= 0.6 is 0 Å². The minimum atomic E-state index is -3.50. The number of likely N-dealkylation sites (tertiary alicyclic amines) is 1. The number of carbonyl (C=O) groups is 1. The van der Waals surface area contributed by atoms with Crippen LogP contribution in [-0.4, -0.2) is 49.5 Å². The zero-order chi connectivity index (χ0) is 21.1. The molecule has 1 aliphatic heterocycles. The zero-order valence-electron chi connectivity index (χ0n) is 16.8. The van der Waals surface area contributed by atoms with Gasteiger partial charge < -0.3 is 15.2 Å². The molecule has 3 N–H and O–H groups in total. The zero-order valence-corrected chi connectivity index (χ0v) is 17.6. The van der Waals surface area contributed by atoms with Gasteiger partial charge in [-0.25, -0.2) is 22.9 Å². The van der Waals surface area contributed by atoms with Crippen molar-refractivity contribution < 1.29 is 13.2 Å². The van der Waals surface area contributed by atoms with Gasteiger partial charge in [0.1, 0.15) is 5.65 Å². The third-order valence-corrected chi connectivity index (χ3v) is 7.04. The van der Waals surface area contributed by atoms with E-state index in [0.29, 0.717) is 19.0 Å². The molecule has 0 radical (unpaired) electrons. The molecule has 0 bridgehead atoms. The Morgan fingerprint density at radius 3 is 2.80 bits per heavy atom. The number of sulfonamides is 1. The van der Waals surface area contributed by atoms with Gasteiger partial charge in [-0.05, 0) is 61.2 Å². The molecule has 1 saturated heterocycles. The minimum Gasteiger partial charge on any atom is -0.346 e. The molecule has 2 amide bonds. The van der Waals surface area contributed by atoms with E-state index in [9.17, 15) is 13.2 Å². The summed E-state index contributed by atoms with van der Waals surface area (Å²) in [4.78, 5) is 22.2. The second kappa shape index (κ2) is 8.45. The molecule has 9 heteroatoms. The Kier molecular flexibility index (Phi) is 5.74. The Bertz CT molecular complexity index is 1150. The minimum absolute atomic E-state index is 0.129. The summed E-state index contributed by atoms with van der Waals surface area (Å²) in [6, 6.07) is 10.5. The quantitative estimate of drug-likeness (QED) is 0.582. The Morgan fingerprint density at radius 1 is 1.23 bits per heavy atom. The third-order valence-electron chi connectivity index (χ3n) is 5.63. The molecular weight excluding hydrogens is 402 g/mol. The SMILES string of the molecule is CNS(=O)(=O)c1cccc(CNC(=O)N2CCC(c3c[nH]c4ncccc34)CC2)c1. The molecule has 1 aromatic carbocycles. The fraction of sp³-hybridized carbons (Fsp3) is 0.333. The van der Waals surface area contributed by atoms with Gasteiger partial charge in [0.2, 0.25) is 10.0 Å². The first-order valence-corrected chi connectivity index (χ1v) is 11.4. The molecular formula is C21H25N5O3S. The Labute approximate surface area is 175 Å². The molecule has 3 aromatic rings. The van der Waals surface area contributed by atoms with Crippen molar-refractivity contribution in [1.29, 1.82) is 0 Å². The average Bonchev–Trinajstić information content (AvgIpc) is 3.22. The maximum Gasteiger partial charge on any atom is 0.317 e. The molecule has 1 aliphatic rings. The number of piperidine rings is 1. The van der Waals surface area contributed by atoms with Gasteiger partial charge in [0.05, 0.1) is 4.90 Å². The molecule has 0 spiro atoms. The van der Waals surface area contributed by atoms with Gasteiger partial charge in [0.25, 0.3) is 0 Å². The van der Waals surface area contributed by atoms with Crippen molar-refractivity contribution >= 4 is 27.1 Å². The average molecular weight is 428 g/mol. The van der Waals surface area contributed by atoms with Gasteiger partial charge >= 0.3 is 6.03 Å². The van der Waals surface area contributed by atoms with Crippen LogP contribution in [0, 0.1) is 0 Å². The van der Waals surface area contributed by atoms with Crippen molar-refractivity contribution in [2.75, 3.05) is 20.1 Å². The molecule has 30 heavy (non-hydrogen) atoms. The number of aromatic nitrogens is 2. The van der Waals surface area contributed by atoms with E-state index < -0.39 is 10.0 Å². The summed E-state index contributed by atoms with van der Waals surface area (Å²) in [5, 5.41) is 4.05. The largest absolute Gasteiger partial charge is 0.346 e. The van der Waals surface area contributed by atoms with Gasteiger partial charge in [0, 0.05) is 37.4 Å². The smallest absolute Gasteiger partial charge is 0.317 e. The number of rotatable bonds is 5. The maximum atomic E-state index is 12.6. The van der Waals surface area contributed by atoms with Crippen LogP contribution in [0.2, 0.25) is 0 Å². The number of amides is 2. The van der Waals surface area contributed by atoms with Crippen LogP contribution in [0.25, 0.3) is 11.0 Å². The Hall–Kier alpha value is -2.91. The van der Waals surface area contributed by atoms with E-state index in [1.54, 1.807) is 24.4 Å². The van der Waals surface area contributed by atoms with E-state index in [4.69, 9.17) is 0 Å². The lowest BCUT2D eigenvalue weighted by Gasteiger charge is -2.32. The van der Waals surface area contributed by atoms with E-state index in [1.165, 1.54) is 18.7 Å². The van der Waals surface area contributed by atoms with Gasteiger partial charge in [-0.1, -0.05) is 12.1 Å². The van der Waals surface area contributed by atoms with Crippen molar-refractivity contribution in [1.82, 2.24) is 24.9 Å². The van der Waals surface area contributed by atoms with Gasteiger partial charge in [-0.15, -0.1) is 0 Å². The number of hydrogen-bond acceptors (Lipinski definition) is 4. The van der Waals surface area contributed by atoms with Crippen LogP contribution in [0.15, 0.2) is 53.7 Å². The van der Waals surface area contributed by atoms with Crippen molar-refractivity contribution in [2.24, 2.45) is 0 Å². The highest BCUT2D eigenvalue weighted by molar-refractivity contribution is 7.89. The Morgan fingerprint density at radius 2 is 2.03 bits per heavy atom. The van der Waals surface area contributed by atoms with Crippen molar-refractivity contribution in [3.8, 4) is 0 Å². The second-order valence-electron chi connectivity index (χ2n) is 7.42. The Balaban J connectivity index is 1.33. The molecule has 4 rings (SSSR count). The first-order chi connectivity index (χ1) is 14.5. The molecule has 1 fully saturated rings. The van der Waals surface area contributed by atoms with Crippen LogP contribution in [0.3, 0.4) is 0 Å². The molecule has 0 unspecified atom stereocenters. The summed E-state index contributed by atoms with van der Waals surface area (Å²) in [5.74, 6) is 0.399. The van der Waals surface area contributed by atoms with E-state index in [1.807, 2.05) is 17.2 Å². The standard InChI is InChI=1S/C21H25N5O3S/c1-22-30(28,29)17-5-2-4-15(12-17)13-25-21(27)26-10-7-16(8-11-26)19-14-24-20-18(19)6-3-9-23-20/h2-6,9,12,14,16,22H,7-8,10-11,13H2,1H3,(H,23,24)(H,25,27). The molecule has 158 valence electrons. The highest BCUT2D eigenvalue weighted by Crippen LogP contribution is 2.32. The van der Waals surface area contributed by atoms with Crippen LogP contribution in [0.4, 0.5) is 4.79 Å². The number of nitrogens with zero attached hydrogens (tertiary/aromatic N) is 2. The topological polar surface area (TPSA) is 107 Å². The van der Waals surface area contributed by atoms with Gasteiger partial charge in [-0.3, -0.25) is 0 Å². The molecule has 2 aromatic heterocycles. The van der Waals surface area contributed by atoms with E-state index >= 15 is 0 Å². The van der Waals surface area contributed by atoms with Crippen LogP contribution in [0.5, 0.6) is 0 Å². The summed E-state index contributed by atoms with van der Waals surface area (Å²) in [6.45, 7) is 1.63. The van der Waals surface area contributed by atoms with Crippen molar-refractivity contribution in [3.63, 3.8) is 0 Å². The summed E-state index contributed by atoms with van der Waals surface area (Å²) in [6.07, 6.45) is 5.60. The van der Waals surface area contributed by atoms with Crippen molar-refractivity contribution in [2.45, 2.75) is 30.2 Å². The third kappa shape index (κ3) is 4.17. The number of nitrogens with one attached hydrogen (secondary N) is 3. The summed E-state index contributed by atoms with van der Waals surface area (Å²) in [5.41, 5.74) is 2.90. The summed E-state index contributed by atoms with van der Waals surface area (Å²) >= 11 is 0. The number of pyridine rings is 1. The predicted octanol–water partition coefficient (Wildman–Crippen LogP) is 2.56. The van der Waals surface area contributed by atoms with Crippen LogP contribution < -0.4 is 10.0 Å². The number of hydrogen-bond donors (Lipinski definition) is 3. The molecule has 0 saturated carbocycles. The first kappa shape index (κ1) is 20.4. The number of aromatic amines is 1. The number of carbonyl (C=O) groups excluding carboxylic acids is 1. The predicted molar refractivity (Wildman–Crippen MR) is 115 cm³/mol. The monoisotopic (exact) mass is 427 g/mol. The second-order valence-corrected chi connectivity index (χ2v) is 9.31. The highest BCUT2D eigenvalue weighted by Gasteiger charge is 2.25. The fourth-order valence-corrected chi connectivity index (χ4v) is 4.74. The van der Waals surface area contributed by atoms with E-state index in [-0.39, 0.29) is 17.5 Å². The van der Waals surface area contributed by atoms with E-state index in [2.05, 4.69) is 26.1 Å². The molecule has 0 aliphatic carbocycles. The summed E-state index contributed by atoms with van der Waals surface area (Å²) < 4.78 is 26.2. The van der Waals surface area contributed by atoms with E-state index in [0.717, 1.165) is 29.4 Å². The van der Waals surface area contributed by atoms with Crippen LogP contribution in [0.1, 0.15) is 29.9 Å². The van der Waals surface area contributed by atoms with Crippen LogP contribution in [-0.2, 0) is 16.6 Å². The number of urea groups is 1. The lowest BCUT2D eigenvalue weighted by molar-refractivity contribution is 0.181. The maximum absolute atomic E-state index is 12.6. The fourth-order valence-electron chi connectivity index (χ4n) is 3.94. The number of fused-ring (bicyclic) bond motifs is 1. The highest BCUT2D eigenvalue weighted by atomic mass is 32.2. The number of H-pyrrole nitrogens is 1. The molecule has 8 nitrogen and oxygen atoms in total. The first-order valence-electron chi connectivity index (χ1n) is 9.95. The number of benzene rings is 1. The molecule has 3 heterocycles. The van der Waals surface area contributed by atoms with Gasteiger partial charge in [-0.2, -0.15) is 0 Å². The summed E-state index contributed by atoms with van der Waals surface area (Å²) in [7, 11) is -2.13. The normalized spacial score (nSPS) is 15.4. The van der Waals surface area contributed by atoms with Gasteiger partial charge in [0.15, 0.2) is 0 Å². The lowest BCUT2D eigenvalue weighted by atomic mass is 9.89. The lowest BCUT2D eigenvalue weighted by Crippen LogP contribution is -2.43. The van der Waals surface area contributed by atoms with Crippen molar-refractivity contribution in [3.05, 3.63) is 59.9 Å².